The van der Waals surface area contributed by atoms with Crippen molar-refractivity contribution >= 4 is 5.97 Å². The van der Waals surface area contributed by atoms with Gasteiger partial charge >= 0.3 is 5.97 Å². The molecule has 0 saturated carbocycles. The summed E-state index contributed by atoms with van der Waals surface area (Å²) in [7, 11) is 4.13. The van der Waals surface area contributed by atoms with Gasteiger partial charge in [-0.1, -0.05) is 101 Å². The summed E-state index contributed by atoms with van der Waals surface area (Å²) in [4.78, 5) is 12.6. The van der Waals surface area contributed by atoms with E-state index in [1.54, 1.807) is 0 Å². The van der Waals surface area contributed by atoms with Crippen molar-refractivity contribution in [3.05, 3.63) is 65.7 Å². The van der Waals surface area contributed by atoms with Crippen LogP contribution in [0.15, 0.2) is 54.6 Å². The number of hydrogen-bond donors (Lipinski definition) is 0. The van der Waals surface area contributed by atoms with Crippen LogP contribution in [0.4, 0.5) is 0 Å². The molecule has 0 radical (unpaired) electrons. The average Bonchev–Trinajstić information content (AvgIpc) is 2.85. The van der Waals surface area contributed by atoms with E-state index in [0.29, 0.717) is 11.1 Å². The summed E-state index contributed by atoms with van der Waals surface area (Å²) in [5.74, 6) is 0.663. The quantitative estimate of drug-likeness (QED) is 0.127. The van der Waals surface area contributed by atoms with E-state index >= 15 is 0 Å². The van der Waals surface area contributed by atoms with Crippen LogP contribution < -0.4 is 4.74 Å². The Labute approximate surface area is 214 Å². The van der Waals surface area contributed by atoms with Crippen molar-refractivity contribution in [3.63, 3.8) is 0 Å². The highest BCUT2D eigenvalue weighted by atomic mass is 16.6. The molecule has 4 heteroatoms. The van der Waals surface area contributed by atoms with Crippen LogP contribution >= 0.6 is 0 Å². The number of unbranched alkanes of at least 4 members (excludes halogenated alkanes) is 8. The van der Waals surface area contributed by atoms with Crippen LogP contribution in [-0.4, -0.2) is 43.8 Å². The van der Waals surface area contributed by atoms with Crippen molar-refractivity contribution in [2.75, 3.05) is 27.3 Å². The van der Waals surface area contributed by atoms with E-state index in [2.05, 4.69) is 51.4 Å². The fraction of sp³-hybridized carbons (Fsp3) is 0.581. The van der Waals surface area contributed by atoms with E-state index in [-0.39, 0.29) is 18.6 Å². The lowest BCUT2D eigenvalue weighted by molar-refractivity contribution is -0.917. The molecule has 1 atom stereocenters. The summed E-state index contributed by atoms with van der Waals surface area (Å²) in [5.41, 5.74) is 2.53. The van der Waals surface area contributed by atoms with Gasteiger partial charge in [-0.15, -0.1) is 0 Å². The van der Waals surface area contributed by atoms with Gasteiger partial charge in [0.05, 0.1) is 14.1 Å². The van der Waals surface area contributed by atoms with Crippen LogP contribution in [0.25, 0.3) is 0 Å². The second-order valence-corrected chi connectivity index (χ2v) is 10.3. The number of aryl methyl sites for hydroxylation is 1. The number of benzene rings is 2. The predicted molar refractivity (Wildman–Crippen MR) is 146 cm³/mol. The van der Waals surface area contributed by atoms with Crippen molar-refractivity contribution in [1.29, 1.82) is 0 Å². The van der Waals surface area contributed by atoms with E-state index in [1.165, 1.54) is 68.9 Å². The zero-order chi connectivity index (χ0) is 25.4. The maximum absolute atomic E-state index is 12.6. The minimum Gasteiger partial charge on any atom is -0.490 e. The highest BCUT2D eigenvalue weighted by molar-refractivity contribution is 5.74. The van der Waals surface area contributed by atoms with Crippen molar-refractivity contribution in [2.45, 2.75) is 90.6 Å². The number of carbonyl (C=O) groups excluding carboxylic acids is 1. The van der Waals surface area contributed by atoms with Crippen molar-refractivity contribution < 1.29 is 18.8 Å². The Balaban J connectivity index is 1.62. The number of nitrogens with zero attached hydrogens (tertiary/aromatic N) is 1. The van der Waals surface area contributed by atoms with Crippen molar-refractivity contribution in [1.82, 2.24) is 0 Å². The maximum atomic E-state index is 12.6. The normalized spacial score (nSPS) is 12.3. The molecule has 0 saturated heterocycles. The Morgan fingerprint density at radius 3 is 2.11 bits per heavy atom. The van der Waals surface area contributed by atoms with Gasteiger partial charge in [0.1, 0.15) is 25.5 Å². The van der Waals surface area contributed by atoms with Crippen LogP contribution in [0.5, 0.6) is 5.75 Å². The molecule has 0 aliphatic heterocycles. The summed E-state index contributed by atoms with van der Waals surface area (Å²) >= 11 is 0. The van der Waals surface area contributed by atoms with Crippen molar-refractivity contribution in [3.8, 4) is 5.75 Å². The van der Waals surface area contributed by atoms with Crippen LogP contribution in [0.1, 0.15) is 82.8 Å². The number of ether oxygens (including phenoxy) is 2. The van der Waals surface area contributed by atoms with E-state index < -0.39 is 0 Å². The third-order valence-electron chi connectivity index (χ3n) is 6.89. The SMILES string of the molecule is CCCCCCCCCCCc1cccc(OCCOC(=O)C(C)[N+](C)(C)Cc2ccccc2)c1. The number of esters is 1. The molecular weight excluding hydrogens is 434 g/mol. The molecule has 1 unspecified atom stereocenters. The first-order valence-electron chi connectivity index (χ1n) is 13.7. The first-order chi connectivity index (χ1) is 16.9. The third kappa shape index (κ3) is 11.8. The van der Waals surface area contributed by atoms with Gasteiger partial charge in [0.2, 0.25) is 0 Å². The third-order valence-corrected chi connectivity index (χ3v) is 6.89. The molecule has 0 fully saturated rings. The lowest BCUT2D eigenvalue weighted by Crippen LogP contribution is -2.51. The van der Waals surface area contributed by atoms with Gasteiger partial charge in [0, 0.05) is 5.56 Å². The topological polar surface area (TPSA) is 35.5 Å². The lowest BCUT2D eigenvalue weighted by atomic mass is 10.0. The molecule has 194 valence electrons. The molecule has 0 heterocycles. The van der Waals surface area contributed by atoms with Gasteiger partial charge < -0.3 is 14.0 Å². The molecule has 4 nitrogen and oxygen atoms in total. The summed E-state index contributed by atoms with van der Waals surface area (Å²) < 4.78 is 11.9. The van der Waals surface area contributed by atoms with Gasteiger partial charge in [-0.05, 0) is 37.5 Å². The molecule has 0 amide bonds. The summed E-state index contributed by atoms with van der Waals surface area (Å²) in [6.45, 7) is 5.61. The van der Waals surface area contributed by atoms with Crippen LogP contribution in [0, 0.1) is 0 Å². The highest BCUT2D eigenvalue weighted by Crippen LogP contribution is 2.18. The Bertz CT molecular complexity index is 834. The van der Waals surface area contributed by atoms with E-state index in [9.17, 15) is 4.79 Å². The molecule has 2 aromatic rings. The molecule has 0 aliphatic carbocycles. The minimum atomic E-state index is -0.255. The summed E-state index contributed by atoms with van der Waals surface area (Å²) in [5, 5.41) is 0. The van der Waals surface area contributed by atoms with Gasteiger partial charge in [0.15, 0.2) is 6.04 Å². The van der Waals surface area contributed by atoms with E-state index in [0.717, 1.165) is 18.7 Å². The molecule has 35 heavy (non-hydrogen) atoms. The number of rotatable bonds is 18. The standard InChI is InChI=1S/C31H48NO3/c1-5-6-7-8-9-10-11-12-14-18-28-21-17-22-30(25-28)34-23-24-35-31(33)27(2)32(3,4)26-29-19-15-13-16-20-29/h13,15-17,19-22,25,27H,5-12,14,18,23-24,26H2,1-4H3/q+1. The predicted octanol–water partition coefficient (Wildman–Crippen LogP) is 7.35. The smallest absolute Gasteiger partial charge is 0.364 e. The second kappa shape index (κ2) is 16.4. The zero-order valence-corrected chi connectivity index (χ0v) is 22.6. The Morgan fingerprint density at radius 1 is 0.800 bits per heavy atom. The highest BCUT2D eigenvalue weighted by Gasteiger charge is 2.32. The van der Waals surface area contributed by atoms with E-state index in [1.807, 2.05) is 31.2 Å². The van der Waals surface area contributed by atoms with Crippen LogP contribution in [-0.2, 0) is 22.5 Å². The molecular formula is C31H48NO3+. The van der Waals surface area contributed by atoms with Crippen LogP contribution in [0.2, 0.25) is 0 Å². The van der Waals surface area contributed by atoms with Gasteiger partial charge in [-0.2, -0.15) is 0 Å². The summed E-state index contributed by atoms with van der Waals surface area (Å²) in [6, 6.07) is 18.3. The Morgan fingerprint density at radius 2 is 1.43 bits per heavy atom. The largest absolute Gasteiger partial charge is 0.490 e. The fourth-order valence-corrected chi connectivity index (χ4v) is 4.33. The molecule has 0 aromatic heterocycles. The maximum Gasteiger partial charge on any atom is 0.364 e. The number of quaternary nitrogens is 1. The molecule has 2 rings (SSSR count). The van der Waals surface area contributed by atoms with E-state index in [4.69, 9.17) is 9.47 Å². The number of likely N-dealkylation sites (N-methyl/N-ethyl adjacent to an activating group) is 1. The second-order valence-electron chi connectivity index (χ2n) is 10.3. The molecule has 0 bridgehead atoms. The molecule has 0 aliphatic rings. The fourth-order valence-electron chi connectivity index (χ4n) is 4.33. The Kier molecular flexibility index (Phi) is 13.5. The van der Waals surface area contributed by atoms with Crippen LogP contribution in [0.3, 0.4) is 0 Å². The minimum absolute atomic E-state index is 0.186. The molecule has 2 aromatic carbocycles. The van der Waals surface area contributed by atoms with Gasteiger partial charge in [-0.25, -0.2) is 4.79 Å². The Hall–Kier alpha value is -2.33. The zero-order valence-electron chi connectivity index (χ0n) is 22.6. The number of carbonyl (C=O) groups is 1. The monoisotopic (exact) mass is 482 g/mol. The first-order valence-corrected chi connectivity index (χ1v) is 13.7. The first kappa shape index (κ1) is 28.9. The average molecular weight is 483 g/mol. The van der Waals surface area contributed by atoms with Gasteiger partial charge in [0.25, 0.3) is 0 Å². The lowest BCUT2D eigenvalue weighted by Gasteiger charge is -2.34. The molecule has 0 N–H and O–H groups in total. The summed E-state index contributed by atoms with van der Waals surface area (Å²) in [6.07, 6.45) is 13.2. The van der Waals surface area contributed by atoms with Crippen molar-refractivity contribution in [2.24, 2.45) is 0 Å². The molecule has 0 spiro atoms. The number of hydrogen-bond acceptors (Lipinski definition) is 3. The van der Waals surface area contributed by atoms with Gasteiger partial charge in [-0.3, -0.25) is 0 Å².